The van der Waals surface area contributed by atoms with Gasteiger partial charge in [-0.25, -0.2) is 4.79 Å². The van der Waals surface area contributed by atoms with E-state index < -0.39 is 23.9 Å². The van der Waals surface area contributed by atoms with Crippen LogP contribution < -0.4 is 0 Å². The first-order valence-electron chi connectivity index (χ1n) is 7.32. The summed E-state index contributed by atoms with van der Waals surface area (Å²) in [6, 6.07) is 0. The van der Waals surface area contributed by atoms with Crippen molar-refractivity contribution in [3.05, 3.63) is 0 Å². The number of amides is 2. The van der Waals surface area contributed by atoms with Crippen molar-refractivity contribution in [3.63, 3.8) is 0 Å². The summed E-state index contributed by atoms with van der Waals surface area (Å²) in [5.41, 5.74) is 0. The second-order valence-corrected chi connectivity index (χ2v) is 5.06. The van der Waals surface area contributed by atoms with E-state index in [9.17, 15) is 19.5 Å². The van der Waals surface area contributed by atoms with Gasteiger partial charge in [0.15, 0.2) is 6.10 Å². The van der Waals surface area contributed by atoms with Crippen molar-refractivity contribution in [2.45, 2.75) is 70.8 Å². The maximum absolute atomic E-state index is 11.5. The van der Waals surface area contributed by atoms with Crippen molar-refractivity contribution in [1.82, 2.24) is 5.06 Å². The standard InChI is InChI=1S/C14H23NO5/c1-2-3-4-5-6-7-8-11(16)14(19)20-15-12(17)9-10-13(15)18/h11,16H,2-10H2,1H3. The molecule has 1 aliphatic heterocycles. The summed E-state index contributed by atoms with van der Waals surface area (Å²) >= 11 is 0. The van der Waals surface area contributed by atoms with Crippen molar-refractivity contribution in [3.8, 4) is 0 Å². The first-order valence-corrected chi connectivity index (χ1v) is 7.32. The average molecular weight is 285 g/mol. The van der Waals surface area contributed by atoms with Gasteiger partial charge in [0, 0.05) is 12.8 Å². The van der Waals surface area contributed by atoms with Crippen LogP contribution in [0.4, 0.5) is 0 Å². The highest BCUT2D eigenvalue weighted by molar-refractivity contribution is 6.01. The molecule has 6 heteroatoms. The first-order chi connectivity index (χ1) is 9.56. The summed E-state index contributed by atoms with van der Waals surface area (Å²) in [4.78, 5) is 38.7. The predicted molar refractivity (Wildman–Crippen MR) is 71.2 cm³/mol. The van der Waals surface area contributed by atoms with Crippen LogP contribution in [0.25, 0.3) is 0 Å². The molecule has 0 saturated carbocycles. The van der Waals surface area contributed by atoms with Gasteiger partial charge in [-0.1, -0.05) is 45.4 Å². The molecule has 1 atom stereocenters. The van der Waals surface area contributed by atoms with E-state index >= 15 is 0 Å². The molecule has 0 spiro atoms. The highest BCUT2D eigenvalue weighted by Crippen LogP contribution is 2.14. The first kappa shape index (κ1) is 16.6. The molecule has 0 aliphatic carbocycles. The zero-order valence-corrected chi connectivity index (χ0v) is 12.0. The number of hydrogen-bond acceptors (Lipinski definition) is 5. The Morgan fingerprint density at radius 2 is 1.70 bits per heavy atom. The van der Waals surface area contributed by atoms with Crippen LogP contribution >= 0.6 is 0 Å². The Morgan fingerprint density at radius 1 is 1.15 bits per heavy atom. The van der Waals surface area contributed by atoms with Gasteiger partial charge < -0.3 is 9.94 Å². The quantitative estimate of drug-likeness (QED) is 0.515. The molecule has 6 nitrogen and oxygen atoms in total. The molecule has 1 N–H and O–H groups in total. The lowest BCUT2D eigenvalue weighted by Crippen LogP contribution is -2.36. The SMILES string of the molecule is CCCCCCCCC(O)C(=O)ON1C(=O)CCC1=O. The van der Waals surface area contributed by atoms with Crippen molar-refractivity contribution in [2.24, 2.45) is 0 Å². The molecule has 0 bridgehead atoms. The maximum Gasteiger partial charge on any atom is 0.361 e. The van der Waals surface area contributed by atoms with E-state index in [0.29, 0.717) is 11.5 Å². The fourth-order valence-electron chi connectivity index (χ4n) is 2.04. The van der Waals surface area contributed by atoms with Gasteiger partial charge in [-0.2, -0.15) is 0 Å². The fraction of sp³-hybridized carbons (Fsp3) is 0.786. The fourth-order valence-corrected chi connectivity index (χ4v) is 2.04. The van der Waals surface area contributed by atoms with E-state index in [0.717, 1.165) is 25.7 Å². The molecule has 114 valence electrons. The molecule has 1 fully saturated rings. The highest BCUT2D eigenvalue weighted by atomic mass is 16.7. The molecule has 0 aromatic carbocycles. The van der Waals surface area contributed by atoms with Crippen LogP contribution in [0.1, 0.15) is 64.7 Å². The summed E-state index contributed by atoms with van der Waals surface area (Å²) in [6.45, 7) is 2.14. The van der Waals surface area contributed by atoms with Crippen LogP contribution in [0.15, 0.2) is 0 Å². The summed E-state index contributed by atoms with van der Waals surface area (Å²) in [5, 5.41) is 10.1. The molecule has 1 unspecified atom stereocenters. The number of rotatable bonds is 9. The third-order valence-electron chi connectivity index (χ3n) is 3.29. The Balaban J connectivity index is 2.19. The van der Waals surface area contributed by atoms with Crippen molar-refractivity contribution in [1.29, 1.82) is 0 Å². The zero-order chi connectivity index (χ0) is 15.0. The lowest BCUT2D eigenvalue weighted by Gasteiger charge is -2.15. The lowest BCUT2D eigenvalue weighted by atomic mass is 10.1. The van der Waals surface area contributed by atoms with Gasteiger partial charge in [0.1, 0.15) is 0 Å². The molecule has 0 radical (unpaired) electrons. The number of hydroxylamine groups is 2. The average Bonchev–Trinajstić information content (AvgIpc) is 2.74. The summed E-state index contributed by atoms with van der Waals surface area (Å²) < 4.78 is 0. The molecule has 20 heavy (non-hydrogen) atoms. The molecule has 1 heterocycles. The Bertz CT molecular complexity index is 339. The third kappa shape index (κ3) is 5.28. The smallest absolute Gasteiger partial charge is 0.361 e. The number of carbonyl (C=O) groups is 3. The number of aliphatic hydroxyl groups excluding tert-OH is 1. The van der Waals surface area contributed by atoms with Gasteiger partial charge >= 0.3 is 5.97 Å². The Morgan fingerprint density at radius 3 is 2.30 bits per heavy atom. The number of hydrogen-bond donors (Lipinski definition) is 1. The number of nitrogens with zero attached hydrogens (tertiary/aromatic N) is 1. The molecular weight excluding hydrogens is 262 g/mol. The minimum absolute atomic E-state index is 0.0552. The number of imide groups is 1. The van der Waals surface area contributed by atoms with Gasteiger partial charge in [-0.3, -0.25) is 9.59 Å². The van der Waals surface area contributed by atoms with Crippen molar-refractivity contribution >= 4 is 17.8 Å². The molecule has 2 amide bonds. The summed E-state index contributed by atoms with van der Waals surface area (Å²) in [6.07, 6.45) is 5.42. The van der Waals surface area contributed by atoms with E-state index in [2.05, 4.69) is 11.8 Å². The number of carbonyl (C=O) groups excluding carboxylic acids is 3. The molecule has 0 aromatic heterocycles. The molecule has 0 aromatic rings. The minimum atomic E-state index is -1.28. The normalized spacial score (nSPS) is 16.6. The maximum atomic E-state index is 11.5. The second kappa shape index (κ2) is 8.68. The molecule has 1 saturated heterocycles. The van der Waals surface area contributed by atoms with Crippen molar-refractivity contribution in [2.75, 3.05) is 0 Å². The van der Waals surface area contributed by atoms with E-state index in [1.807, 2.05) is 0 Å². The van der Waals surface area contributed by atoms with Crippen LogP contribution in [-0.4, -0.2) is 34.1 Å². The van der Waals surface area contributed by atoms with E-state index in [4.69, 9.17) is 0 Å². The Hall–Kier alpha value is -1.43. The number of unbranched alkanes of at least 4 members (excludes halogenated alkanes) is 5. The van der Waals surface area contributed by atoms with E-state index in [1.54, 1.807) is 0 Å². The third-order valence-corrected chi connectivity index (χ3v) is 3.29. The predicted octanol–water partition coefficient (Wildman–Crippen LogP) is 1.71. The van der Waals surface area contributed by atoms with Gasteiger partial charge in [0.2, 0.25) is 0 Å². The van der Waals surface area contributed by atoms with Crippen LogP contribution in [0.2, 0.25) is 0 Å². The van der Waals surface area contributed by atoms with Crippen LogP contribution in [0.5, 0.6) is 0 Å². The lowest BCUT2D eigenvalue weighted by molar-refractivity contribution is -0.203. The molecule has 1 aliphatic rings. The zero-order valence-electron chi connectivity index (χ0n) is 12.0. The molecular formula is C14H23NO5. The minimum Gasteiger partial charge on any atom is -0.381 e. The topological polar surface area (TPSA) is 83.9 Å². The number of aliphatic hydroxyl groups is 1. The largest absolute Gasteiger partial charge is 0.381 e. The van der Waals surface area contributed by atoms with Crippen molar-refractivity contribution < 1.29 is 24.3 Å². The highest BCUT2D eigenvalue weighted by Gasteiger charge is 2.34. The van der Waals surface area contributed by atoms with Crippen LogP contribution in [-0.2, 0) is 19.2 Å². The second-order valence-electron chi connectivity index (χ2n) is 5.06. The summed E-state index contributed by atoms with van der Waals surface area (Å²) in [5.74, 6) is -1.99. The molecule has 1 rings (SSSR count). The summed E-state index contributed by atoms with van der Waals surface area (Å²) in [7, 11) is 0. The van der Waals surface area contributed by atoms with Gasteiger partial charge in [-0.05, 0) is 6.42 Å². The van der Waals surface area contributed by atoms with Gasteiger partial charge in [-0.15, -0.1) is 5.06 Å². The monoisotopic (exact) mass is 285 g/mol. The van der Waals surface area contributed by atoms with Gasteiger partial charge in [0.05, 0.1) is 0 Å². The van der Waals surface area contributed by atoms with E-state index in [-0.39, 0.29) is 12.8 Å². The van der Waals surface area contributed by atoms with Gasteiger partial charge in [0.25, 0.3) is 11.8 Å². The van der Waals surface area contributed by atoms with Crippen LogP contribution in [0, 0.1) is 0 Å². The Labute approximate surface area is 119 Å². The van der Waals surface area contributed by atoms with Crippen LogP contribution in [0.3, 0.4) is 0 Å². The van der Waals surface area contributed by atoms with E-state index in [1.165, 1.54) is 12.8 Å². The Kier molecular flexibility index (Phi) is 7.22.